The molecule has 1 heterocycles. The van der Waals surface area contributed by atoms with Gasteiger partial charge >= 0.3 is 0 Å². The van der Waals surface area contributed by atoms with E-state index >= 15 is 0 Å². The Morgan fingerprint density at radius 3 is 2.52 bits per heavy atom. The lowest BCUT2D eigenvalue weighted by molar-refractivity contribution is -0.0502. The molecule has 3 N–H and O–H groups in total. The predicted molar refractivity (Wildman–Crippen MR) is 76.1 cm³/mol. The molecule has 0 amide bonds. The van der Waals surface area contributed by atoms with Gasteiger partial charge < -0.3 is 4.74 Å². The van der Waals surface area contributed by atoms with Crippen LogP contribution in [0, 0.1) is 5.92 Å². The van der Waals surface area contributed by atoms with Crippen LogP contribution in [0.2, 0.25) is 0 Å². The number of nitrogens with zero attached hydrogens (tertiary/aromatic N) is 2. The average Bonchev–Trinajstić information content (AvgIpc) is 2.85. The van der Waals surface area contributed by atoms with Crippen LogP contribution in [0.1, 0.15) is 57.3 Å². The Morgan fingerprint density at radius 2 is 2.05 bits per heavy atom. The summed E-state index contributed by atoms with van der Waals surface area (Å²) in [6.45, 7) is 4.02. The zero-order chi connectivity index (χ0) is 15.6. The van der Waals surface area contributed by atoms with E-state index in [1.165, 1.54) is 0 Å². The summed E-state index contributed by atoms with van der Waals surface area (Å²) >= 11 is 0. The molecular formula is C14H24F2N4O. The first-order valence-electron chi connectivity index (χ1n) is 7.35. The van der Waals surface area contributed by atoms with Crippen molar-refractivity contribution in [3.8, 4) is 5.75 Å². The second-order valence-corrected chi connectivity index (χ2v) is 5.97. The first-order valence-corrected chi connectivity index (χ1v) is 7.35. The van der Waals surface area contributed by atoms with Crippen LogP contribution in [-0.2, 0) is 0 Å². The van der Waals surface area contributed by atoms with Crippen molar-refractivity contribution < 1.29 is 13.5 Å². The van der Waals surface area contributed by atoms with Crippen LogP contribution >= 0.6 is 0 Å². The third kappa shape index (κ3) is 3.35. The molecule has 1 atom stereocenters. The quantitative estimate of drug-likeness (QED) is 0.648. The highest BCUT2D eigenvalue weighted by Gasteiger charge is 2.39. The Labute approximate surface area is 123 Å². The molecule has 1 aliphatic carbocycles. The van der Waals surface area contributed by atoms with Crippen molar-refractivity contribution >= 4 is 0 Å². The fraction of sp³-hybridized carbons (Fsp3) is 0.786. The van der Waals surface area contributed by atoms with Crippen LogP contribution in [0.15, 0.2) is 6.20 Å². The molecule has 5 nitrogen and oxygen atoms in total. The van der Waals surface area contributed by atoms with Gasteiger partial charge in [0, 0.05) is 18.9 Å². The molecule has 21 heavy (non-hydrogen) atoms. The monoisotopic (exact) mass is 302 g/mol. The Morgan fingerprint density at radius 1 is 1.43 bits per heavy atom. The van der Waals surface area contributed by atoms with E-state index in [1.54, 1.807) is 13.3 Å². The Hall–Kier alpha value is -1.21. The highest BCUT2D eigenvalue weighted by atomic mass is 19.3. The largest absolute Gasteiger partial charge is 0.493 e. The van der Waals surface area contributed by atoms with Crippen LogP contribution in [0.4, 0.5) is 8.78 Å². The summed E-state index contributed by atoms with van der Waals surface area (Å²) < 4.78 is 33.9. The van der Waals surface area contributed by atoms with Crippen molar-refractivity contribution in [1.82, 2.24) is 15.2 Å². The SMILES string of the molecule is COc1cnn(C(C)C)c1C(NN)C1CCC(F)(F)CC1. The lowest BCUT2D eigenvalue weighted by Crippen LogP contribution is -2.38. The van der Waals surface area contributed by atoms with E-state index in [1.807, 2.05) is 18.5 Å². The van der Waals surface area contributed by atoms with Gasteiger partial charge in [-0.05, 0) is 32.6 Å². The van der Waals surface area contributed by atoms with Gasteiger partial charge in [-0.25, -0.2) is 8.78 Å². The van der Waals surface area contributed by atoms with Gasteiger partial charge in [-0.3, -0.25) is 16.0 Å². The van der Waals surface area contributed by atoms with E-state index in [2.05, 4.69) is 10.5 Å². The van der Waals surface area contributed by atoms with E-state index in [-0.39, 0.29) is 30.8 Å². The van der Waals surface area contributed by atoms with E-state index in [0.29, 0.717) is 18.6 Å². The van der Waals surface area contributed by atoms with Gasteiger partial charge in [0.25, 0.3) is 0 Å². The molecule has 1 fully saturated rings. The molecule has 1 aromatic rings. The van der Waals surface area contributed by atoms with Crippen molar-refractivity contribution in [2.24, 2.45) is 11.8 Å². The lowest BCUT2D eigenvalue weighted by Gasteiger charge is -2.34. The molecule has 7 heteroatoms. The molecule has 0 aromatic carbocycles. The second-order valence-electron chi connectivity index (χ2n) is 5.97. The minimum atomic E-state index is -2.54. The Balaban J connectivity index is 2.27. The highest BCUT2D eigenvalue weighted by Crippen LogP contribution is 2.43. The number of hydrazine groups is 1. The number of hydrogen-bond donors (Lipinski definition) is 2. The molecule has 0 radical (unpaired) electrons. The highest BCUT2D eigenvalue weighted by molar-refractivity contribution is 5.29. The molecule has 2 rings (SSSR count). The first kappa shape index (κ1) is 16.2. The standard InChI is InChI=1S/C14H24F2N4O/c1-9(2)20-13(11(21-3)8-18-20)12(19-17)10-4-6-14(15,16)7-5-10/h8-10,12,19H,4-7,17H2,1-3H3. The van der Waals surface area contributed by atoms with Gasteiger partial charge in [0.2, 0.25) is 5.92 Å². The fourth-order valence-corrected chi connectivity index (χ4v) is 3.05. The molecule has 1 aliphatic rings. The summed E-state index contributed by atoms with van der Waals surface area (Å²) in [6.07, 6.45) is 2.35. The van der Waals surface area contributed by atoms with Crippen molar-refractivity contribution in [3.05, 3.63) is 11.9 Å². The molecular weight excluding hydrogens is 278 g/mol. The summed E-state index contributed by atoms with van der Waals surface area (Å²) in [5.41, 5.74) is 3.62. The molecule has 0 aliphatic heterocycles. The number of hydrogen-bond acceptors (Lipinski definition) is 4. The van der Waals surface area contributed by atoms with Gasteiger partial charge in [0.1, 0.15) is 0 Å². The zero-order valence-corrected chi connectivity index (χ0v) is 12.8. The number of alkyl halides is 2. The van der Waals surface area contributed by atoms with Crippen molar-refractivity contribution in [2.75, 3.05) is 7.11 Å². The third-order valence-electron chi connectivity index (χ3n) is 4.22. The molecule has 0 bridgehead atoms. The van der Waals surface area contributed by atoms with Gasteiger partial charge in [0.15, 0.2) is 5.75 Å². The van der Waals surface area contributed by atoms with Crippen molar-refractivity contribution in [3.63, 3.8) is 0 Å². The minimum absolute atomic E-state index is 0.0534. The maximum Gasteiger partial charge on any atom is 0.248 e. The molecule has 0 saturated heterocycles. The van der Waals surface area contributed by atoms with E-state index in [9.17, 15) is 8.78 Å². The predicted octanol–water partition coefficient (Wildman–Crippen LogP) is 2.80. The number of aromatic nitrogens is 2. The van der Waals surface area contributed by atoms with Crippen LogP contribution in [0.3, 0.4) is 0 Å². The normalized spacial score (nSPS) is 20.7. The van der Waals surface area contributed by atoms with E-state index < -0.39 is 5.92 Å². The first-order chi connectivity index (χ1) is 9.89. The summed E-state index contributed by atoms with van der Waals surface area (Å²) in [4.78, 5) is 0. The van der Waals surface area contributed by atoms with E-state index in [0.717, 1.165) is 5.69 Å². The maximum atomic E-state index is 13.3. The Kier molecular flexibility index (Phi) is 4.83. The second kappa shape index (κ2) is 6.27. The molecule has 1 aromatic heterocycles. The molecule has 120 valence electrons. The maximum absolute atomic E-state index is 13.3. The number of halogens is 2. The topological polar surface area (TPSA) is 65.1 Å². The van der Waals surface area contributed by atoms with Crippen molar-refractivity contribution in [1.29, 1.82) is 0 Å². The number of ether oxygens (including phenoxy) is 1. The van der Waals surface area contributed by atoms with Crippen LogP contribution in [0.25, 0.3) is 0 Å². The molecule has 0 spiro atoms. The minimum Gasteiger partial charge on any atom is -0.493 e. The van der Waals surface area contributed by atoms with Crippen LogP contribution in [0.5, 0.6) is 5.75 Å². The number of rotatable bonds is 5. The van der Waals surface area contributed by atoms with Gasteiger partial charge in [0.05, 0.1) is 25.0 Å². The van der Waals surface area contributed by atoms with Gasteiger partial charge in [-0.2, -0.15) is 5.10 Å². The molecule has 1 saturated carbocycles. The third-order valence-corrected chi connectivity index (χ3v) is 4.22. The number of methoxy groups -OCH3 is 1. The lowest BCUT2D eigenvalue weighted by atomic mass is 9.81. The number of nitrogens with two attached hydrogens (primary N) is 1. The number of nitrogens with one attached hydrogen (secondary N) is 1. The zero-order valence-electron chi connectivity index (χ0n) is 12.8. The van der Waals surface area contributed by atoms with Gasteiger partial charge in [-0.1, -0.05) is 0 Å². The molecule has 1 unspecified atom stereocenters. The van der Waals surface area contributed by atoms with Crippen LogP contribution < -0.4 is 16.0 Å². The van der Waals surface area contributed by atoms with Crippen LogP contribution in [-0.4, -0.2) is 22.8 Å². The fourth-order valence-electron chi connectivity index (χ4n) is 3.05. The summed E-state index contributed by atoms with van der Waals surface area (Å²) in [5.74, 6) is 3.87. The summed E-state index contributed by atoms with van der Waals surface area (Å²) in [7, 11) is 1.58. The summed E-state index contributed by atoms with van der Waals surface area (Å²) in [5, 5.41) is 4.33. The van der Waals surface area contributed by atoms with Gasteiger partial charge in [-0.15, -0.1) is 0 Å². The Bertz CT molecular complexity index is 466. The smallest absolute Gasteiger partial charge is 0.248 e. The van der Waals surface area contributed by atoms with Crippen molar-refractivity contribution in [2.45, 2.75) is 57.5 Å². The summed E-state index contributed by atoms with van der Waals surface area (Å²) in [6, 6.07) is -0.0919. The average molecular weight is 302 g/mol. The van der Waals surface area contributed by atoms with E-state index in [4.69, 9.17) is 10.6 Å².